The zero-order valence-electron chi connectivity index (χ0n) is 10.2. The standard InChI is InChI=1S/C12H19NO3/c1-6-11(14)13(10(4)5)7-8-16-12(15)9(2)3/h6,10H,1-2,7-8H2,3-5H3. The zero-order valence-corrected chi connectivity index (χ0v) is 10.2. The Balaban J connectivity index is 4.14. The molecule has 4 nitrogen and oxygen atoms in total. The van der Waals surface area contributed by atoms with Crippen molar-refractivity contribution < 1.29 is 14.3 Å². The summed E-state index contributed by atoms with van der Waals surface area (Å²) in [5.74, 6) is -0.601. The molecule has 0 aliphatic rings. The smallest absolute Gasteiger partial charge is 0.333 e. The molecule has 0 aliphatic heterocycles. The third-order valence-electron chi connectivity index (χ3n) is 1.99. The Morgan fingerprint density at radius 2 is 2.00 bits per heavy atom. The first-order valence-electron chi connectivity index (χ1n) is 5.15. The van der Waals surface area contributed by atoms with E-state index >= 15 is 0 Å². The Morgan fingerprint density at radius 1 is 1.44 bits per heavy atom. The van der Waals surface area contributed by atoms with E-state index < -0.39 is 5.97 Å². The number of ether oxygens (including phenoxy) is 1. The average Bonchev–Trinajstić information content (AvgIpc) is 2.22. The SMILES string of the molecule is C=CC(=O)N(CCOC(=O)C(=C)C)C(C)C. The van der Waals surface area contributed by atoms with E-state index in [1.54, 1.807) is 11.8 Å². The highest BCUT2D eigenvalue weighted by atomic mass is 16.5. The van der Waals surface area contributed by atoms with E-state index in [2.05, 4.69) is 13.2 Å². The van der Waals surface area contributed by atoms with Crippen LogP contribution in [0.3, 0.4) is 0 Å². The van der Waals surface area contributed by atoms with Gasteiger partial charge in [-0.3, -0.25) is 4.79 Å². The lowest BCUT2D eigenvalue weighted by atomic mass is 10.3. The van der Waals surface area contributed by atoms with Gasteiger partial charge in [-0.15, -0.1) is 0 Å². The van der Waals surface area contributed by atoms with Crippen LogP contribution in [0.2, 0.25) is 0 Å². The van der Waals surface area contributed by atoms with Crippen LogP contribution < -0.4 is 0 Å². The van der Waals surface area contributed by atoms with Gasteiger partial charge >= 0.3 is 5.97 Å². The molecule has 0 aliphatic carbocycles. The molecule has 1 amide bonds. The van der Waals surface area contributed by atoms with Crippen LogP contribution in [0.15, 0.2) is 24.8 Å². The molecule has 0 heterocycles. The molecule has 0 aromatic carbocycles. The Hall–Kier alpha value is -1.58. The largest absolute Gasteiger partial charge is 0.460 e. The van der Waals surface area contributed by atoms with Crippen molar-refractivity contribution in [2.75, 3.05) is 13.2 Å². The van der Waals surface area contributed by atoms with Crippen molar-refractivity contribution in [3.05, 3.63) is 24.8 Å². The van der Waals surface area contributed by atoms with Gasteiger partial charge < -0.3 is 9.64 Å². The first kappa shape index (κ1) is 14.4. The van der Waals surface area contributed by atoms with Crippen LogP contribution in [-0.4, -0.2) is 36.0 Å². The number of carbonyl (C=O) groups excluding carboxylic acids is 2. The highest BCUT2D eigenvalue weighted by molar-refractivity contribution is 5.88. The third-order valence-corrected chi connectivity index (χ3v) is 1.99. The summed E-state index contributed by atoms with van der Waals surface area (Å²) in [5, 5.41) is 0. The fourth-order valence-corrected chi connectivity index (χ4v) is 1.10. The molecule has 0 radical (unpaired) electrons. The lowest BCUT2D eigenvalue weighted by Crippen LogP contribution is -2.38. The predicted molar refractivity (Wildman–Crippen MR) is 62.8 cm³/mol. The quantitative estimate of drug-likeness (QED) is 0.508. The van der Waals surface area contributed by atoms with Crippen LogP contribution in [-0.2, 0) is 14.3 Å². The maximum atomic E-state index is 11.4. The minimum Gasteiger partial charge on any atom is -0.460 e. The average molecular weight is 225 g/mol. The van der Waals surface area contributed by atoms with Crippen molar-refractivity contribution in [3.63, 3.8) is 0 Å². The molecule has 0 unspecified atom stereocenters. The first-order chi connectivity index (χ1) is 7.40. The van der Waals surface area contributed by atoms with Gasteiger partial charge in [0.25, 0.3) is 0 Å². The minimum atomic E-state index is -0.435. The molecule has 0 saturated heterocycles. The van der Waals surface area contributed by atoms with Gasteiger partial charge in [-0.1, -0.05) is 13.2 Å². The van der Waals surface area contributed by atoms with E-state index in [9.17, 15) is 9.59 Å². The molecular formula is C12H19NO3. The normalized spacial score (nSPS) is 9.75. The van der Waals surface area contributed by atoms with Crippen LogP contribution >= 0.6 is 0 Å². The number of nitrogens with zero attached hydrogens (tertiary/aromatic N) is 1. The van der Waals surface area contributed by atoms with Crippen molar-refractivity contribution >= 4 is 11.9 Å². The summed E-state index contributed by atoms with van der Waals surface area (Å²) in [6.07, 6.45) is 1.25. The Labute approximate surface area is 96.6 Å². The molecule has 0 N–H and O–H groups in total. The van der Waals surface area contributed by atoms with E-state index in [0.717, 1.165) is 0 Å². The first-order valence-corrected chi connectivity index (χ1v) is 5.15. The monoisotopic (exact) mass is 225 g/mol. The molecule has 0 aromatic rings. The Kier molecular flexibility index (Phi) is 6.15. The molecule has 4 heteroatoms. The summed E-state index contributed by atoms with van der Waals surface area (Å²) in [6.45, 7) is 12.8. The predicted octanol–water partition coefficient (Wildman–Crippen LogP) is 1.53. The number of hydrogen-bond acceptors (Lipinski definition) is 3. The summed E-state index contributed by atoms with van der Waals surface area (Å²) in [6, 6.07) is 0.0500. The van der Waals surface area contributed by atoms with Crippen molar-refractivity contribution in [2.24, 2.45) is 0 Å². The molecule has 0 aromatic heterocycles. The van der Waals surface area contributed by atoms with Crippen LogP contribution in [0.1, 0.15) is 20.8 Å². The minimum absolute atomic E-state index is 0.0500. The van der Waals surface area contributed by atoms with Crippen LogP contribution in [0.4, 0.5) is 0 Å². The van der Waals surface area contributed by atoms with Crippen molar-refractivity contribution in [3.8, 4) is 0 Å². The van der Waals surface area contributed by atoms with Gasteiger partial charge in [0.15, 0.2) is 0 Å². The molecule has 0 saturated carbocycles. The molecule has 0 bridgehead atoms. The summed E-state index contributed by atoms with van der Waals surface area (Å²) >= 11 is 0. The lowest BCUT2D eigenvalue weighted by Gasteiger charge is -2.25. The van der Waals surface area contributed by atoms with Crippen molar-refractivity contribution in [1.82, 2.24) is 4.90 Å². The highest BCUT2D eigenvalue weighted by Gasteiger charge is 2.14. The topological polar surface area (TPSA) is 46.6 Å². The van der Waals surface area contributed by atoms with E-state index in [-0.39, 0.29) is 18.6 Å². The van der Waals surface area contributed by atoms with Crippen LogP contribution in [0.25, 0.3) is 0 Å². The lowest BCUT2D eigenvalue weighted by molar-refractivity contribution is -0.141. The van der Waals surface area contributed by atoms with E-state index in [1.807, 2.05) is 13.8 Å². The van der Waals surface area contributed by atoms with Gasteiger partial charge in [0, 0.05) is 11.6 Å². The van der Waals surface area contributed by atoms with Gasteiger partial charge in [0.1, 0.15) is 6.61 Å². The number of esters is 1. The molecule has 0 rings (SSSR count). The van der Waals surface area contributed by atoms with Crippen LogP contribution in [0.5, 0.6) is 0 Å². The maximum absolute atomic E-state index is 11.4. The third kappa shape index (κ3) is 4.77. The van der Waals surface area contributed by atoms with E-state index in [4.69, 9.17) is 4.74 Å². The zero-order chi connectivity index (χ0) is 12.7. The number of carbonyl (C=O) groups is 2. The molecular weight excluding hydrogens is 206 g/mol. The maximum Gasteiger partial charge on any atom is 0.333 e. The second-order valence-electron chi connectivity index (χ2n) is 3.75. The van der Waals surface area contributed by atoms with Crippen molar-refractivity contribution in [2.45, 2.75) is 26.8 Å². The molecule has 16 heavy (non-hydrogen) atoms. The number of amides is 1. The second kappa shape index (κ2) is 6.82. The molecule has 0 atom stereocenters. The van der Waals surface area contributed by atoms with Gasteiger partial charge in [-0.05, 0) is 26.8 Å². The highest BCUT2D eigenvalue weighted by Crippen LogP contribution is 2.00. The van der Waals surface area contributed by atoms with Crippen LogP contribution in [0, 0.1) is 0 Å². The Bertz CT molecular complexity index is 295. The van der Waals surface area contributed by atoms with E-state index in [1.165, 1.54) is 6.08 Å². The summed E-state index contributed by atoms with van der Waals surface area (Å²) in [5.41, 5.74) is 0.353. The van der Waals surface area contributed by atoms with Gasteiger partial charge in [0.05, 0.1) is 6.54 Å². The summed E-state index contributed by atoms with van der Waals surface area (Å²) in [4.78, 5) is 24.1. The number of rotatable bonds is 6. The Morgan fingerprint density at radius 3 is 2.38 bits per heavy atom. The van der Waals surface area contributed by atoms with Gasteiger partial charge in [-0.25, -0.2) is 4.79 Å². The molecule has 0 fully saturated rings. The molecule has 0 spiro atoms. The fraction of sp³-hybridized carbons (Fsp3) is 0.500. The summed E-state index contributed by atoms with van der Waals surface area (Å²) < 4.78 is 4.91. The summed E-state index contributed by atoms with van der Waals surface area (Å²) in [7, 11) is 0. The second-order valence-corrected chi connectivity index (χ2v) is 3.75. The van der Waals surface area contributed by atoms with Gasteiger partial charge in [-0.2, -0.15) is 0 Å². The number of hydrogen-bond donors (Lipinski definition) is 0. The van der Waals surface area contributed by atoms with Gasteiger partial charge in [0.2, 0.25) is 5.91 Å². The fourth-order valence-electron chi connectivity index (χ4n) is 1.10. The van der Waals surface area contributed by atoms with Crippen molar-refractivity contribution in [1.29, 1.82) is 0 Å². The molecule has 90 valence electrons. The van der Waals surface area contributed by atoms with E-state index in [0.29, 0.717) is 12.1 Å².